The number of halogens is 12. The molecule has 0 aliphatic heterocycles. The van der Waals surface area contributed by atoms with Crippen molar-refractivity contribution in [3.05, 3.63) is 47.6 Å². The van der Waals surface area contributed by atoms with Crippen LogP contribution < -0.4 is 0 Å². The van der Waals surface area contributed by atoms with Crippen molar-refractivity contribution >= 4 is 23.9 Å². The Balaban J connectivity index is 6.84. The summed E-state index contributed by atoms with van der Waals surface area (Å²) in [4.78, 5) is 44.7. The largest absolute Gasteiger partial charge is 0.620 e. The van der Waals surface area contributed by atoms with Gasteiger partial charge < -0.3 is 18.9 Å². The van der Waals surface area contributed by atoms with Gasteiger partial charge in [0.1, 0.15) is 0 Å². The van der Waals surface area contributed by atoms with Crippen LogP contribution in [-0.2, 0) is 38.1 Å². The molecule has 20 heteroatoms. The SMILES string of the molecule is O=C(OC(OC(=O)C(F)=C(F)F)(OC(=O)C(F)=C(F)F)OC(=O)C(F)=C(F)F)C(F)=C(F)F. The third-order valence-corrected chi connectivity index (χ3v) is 2.25. The maximum Gasteiger partial charge on any atom is 0.620 e. The normalized spacial score (nSPS) is 10.3. The summed E-state index contributed by atoms with van der Waals surface area (Å²) in [5.74, 6) is -27.0. The Morgan fingerprint density at radius 1 is 0.364 bits per heavy atom. The van der Waals surface area contributed by atoms with Crippen molar-refractivity contribution < 1.29 is 90.8 Å². The minimum Gasteiger partial charge on any atom is -0.346 e. The van der Waals surface area contributed by atoms with Gasteiger partial charge in [-0.25, -0.2) is 19.2 Å². The van der Waals surface area contributed by atoms with Crippen LogP contribution in [0.2, 0.25) is 0 Å². The zero-order chi connectivity index (χ0) is 26.3. The van der Waals surface area contributed by atoms with E-state index in [1.54, 1.807) is 0 Å². The standard InChI is InChI=1S/C13F12O8/c14-1(5(18)19)9(26)30-13(31-10(27)2(15)6(20)21,32-11(28)3(16)7(22)23)33-12(29)4(17)8(24)25. The molecule has 0 aromatic rings. The van der Waals surface area contributed by atoms with Crippen LogP contribution in [0.25, 0.3) is 0 Å². The van der Waals surface area contributed by atoms with Crippen LogP contribution in [0.5, 0.6) is 0 Å². The Morgan fingerprint density at radius 3 is 0.636 bits per heavy atom. The van der Waals surface area contributed by atoms with Crippen molar-refractivity contribution in [3.63, 3.8) is 0 Å². The number of hydrogen-bond acceptors (Lipinski definition) is 8. The van der Waals surface area contributed by atoms with E-state index < -0.39 is 77.7 Å². The van der Waals surface area contributed by atoms with Crippen molar-refractivity contribution in [2.24, 2.45) is 0 Å². The molecule has 0 N–H and O–H groups in total. The van der Waals surface area contributed by atoms with E-state index in [-0.39, 0.29) is 0 Å². The number of ether oxygens (including phenoxy) is 4. The highest BCUT2D eigenvalue weighted by Crippen LogP contribution is 2.28. The highest BCUT2D eigenvalue weighted by molar-refractivity contribution is 5.91. The molecular weight excluding hydrogens is 512 g/mol. The van der Waals surface area contributed by atoms with Crippen molar-refractivity contribution in [2.75, 3.05) is 0 Å². The lowest BCUT2D eigenvalue weighted by Gasteiger charge is -2.27. The maximum atomic E-state index is 12.9. The average molecular weight is 512 g/mol. The molecule has 184 valence electrons. The number of carbonyl (C=O) groups excluding carboxylic acids is 4. The summed E-state index contributed by atoms with van der Waals surface area (Å²) in [5.41, 5.74) is 0. The van der Waals surface area contributed by atoms with Gasteiger partial charge in [0.2, 0.25) is 0 Å². The summed E-state index contributed by atoms with van der Waals surface area (Å²) in [6, 6.07) is 0. The van der Waals surface area contributed by atoms with E-state index in [2.05, 4.69) is 18.9 Å². The zero-order valence-electron chi connectivity index (χ0n) is 14.3. The molecule has 0 aliphatic rings. The minimum atomic E-state index is -5.37. The second-order valence-electron chi connectivity index (χ2n) is 4.36. The molecule has 33 heavy (non-hydrogen) atoms. The molecule has 0 aromatic heterocycles. The molecule has 0 spiro atoms. The lowest BCUT2D eigenvalue weighted by atomic mass is 10.5. The molecule has 0 heterocycles. The minimum absolute atomic E-state index is 3.18. The molecular formula is C13F12O8. The molecule has 0 aromatic carbocycles. The highest BCUT2D eigenvalue weighted by atomic mass is 19.3. The Hall–Kier alpha value is -4.00. The molecule has 0 radical (unpaired) electrons. The Kier molecular flexibility index (Phi) is 10.2. The summed E-state index contributed by atoms with van der Waals surface area (Å²) in [7, 11) is 0. The van der Waals surface area contributed by atoms with Crippen LogP contribution in [-0.4, -0.2) is 30.0 Å². The summed E-state index contributed by atoms with van der Waals surface area (Å²) >= 11 is 0. The molecule has 0 atom stereocenters. The third-order valence-electron chi connectivity index (χ3n) is 2.25. The van der Waals surface area contributed by atoms with Crippen LogP contribution in [0, 0.1) is 0 Å². The first-order valence-corrected chi connectivity index (χ1v) is 6.72. The average Bonchev–Trinajstić information content (AvgIpc) is 2.70. The van der Waals surface area contributed by atoms with E-state index in [0.29, 0.717) is 0 Å². The summed E-state index contributed by atoms with van der Waals surface area (Å²) in [5, 5.41) is 0. The van der Waals surface area contributed by atoms with Gasteiger partial charge in [-0.15, -0.1) is 0 Å². The molecule has 0 saturated heterocycles. The van der Waals surface area contributed by atoms with Crippen LogP contribution in [0.4, 0.5) is 52.7 Å². The van der Waals surface area contributed by atoms with Gasteiger partial charge in [-0.3, -0.25) is 0 Å². The molecule has 0 amide bonds. The van der Waals surface area contributed by atoms with Gasteiger partial charge in [-0.05, 0) is 0 Å². The van der Waals surface area contributed by atoms with Crippen molar-refractivity contribution in [1.29, 1.82) is 0 Å². The van der Waals surface area contributed by atoms with Gasteiger partial charge in [0.25, 0.3) is 23.3 Å². The van der Waals surface area contributed by atoms with Gasteiger partial charge in [0.05, 0.1) is 0 Å². The Bertz CT molecular complexity index is 808. The first kappa shape index (κ1) is 29.0. The molecule has 0 bridgehead atoms. The molecule has 0 unspecified atom stereocenters. The lowest BCUT2D eigenvalue weighted by Crippen LogP contribution is -2.48. The smallest absolute Gasteiger partial charge is 0.346 e. The van der Waals surface area contributed by atoms with E-state index in [9.17, 15) is 71.9 Å². The molecule has 0 rings (SSSR count). The van der Waals surface area contributed by atoms with E-state index >= 15 is 0 Å². The van der Waals surface area contributed by atoms with Gasteiger partial charge >= 0.3 is 54.4 Å². The fraction of sp³-hybridized carbons (Fsp3) is 0.0769. The Labute approximate surface area is 169 Å². The number of rotatable bonds is 8. The van der Waals surface area contributed by atoms with Crippen molar-refractivity contribution in [2.45, 2.75) is 6.16 Å². The predicted molar refractivity (Wildman–Crippen MR) is 68.5 cm³/mol. The van der Waals surface area contributed by atoms with E-state index in [4.69, 9.17) is 0 Å². The quantitative estimate of drug-likeness (QED) is 0.208. The second kappa shape index (κ2) is 11.6. The van der Waals surface area contributed by atoms with Gasteiger partial charge in [-0.1, -0.05) is 0 Å². The van der Waals surface area contributed by atoms with E-state index in [0.717, 1.165) is 0 Å². The number of esters is 4. The summed E-state index contributed by atoms with van der Waals surface area (Å²) < 4.78 is 161. The fourth-order valence-electron chi connectivity index (χ4n) is 1.07. The van der Waals surface area contributed by atoms with Crippen molar-refractivity contribution in [3.8, 4) is 0 Å². The molecule has 0 aliphatic carbocycles. The number of hydrogen-bond donors (Lipinski definition) is 0. The molecule has 8 nitrogen and oxygen atoms in total. The second-order valence-corrected chi connectivity index (χ2v) is 4.36. The Morgan fingerprint density at radius 2 is 0.515 bits per heavy atom. The topological polar surface area (TPSA) is 105 Å². The molecule has 0 saturated carbocycles. The monoisotopic (exact) mass is 512 g/mol. The zero-order valence-corrected chi connectivity index (χ0v) is 14.3. The fourth-order valence-corrected chi connectivity index (χ4v) is 1.07. The maximum absolute atomic E-state index is 12.9. The number of carbonyl (C=O) groups is 4. The first-order valence-electron chi connectivity index (χ1n) is 6.72. The highest BCUT2D eigenvalue weighted by Gasteiger charge is 2.54. The first-order chi connectivity index (χ1) is 15.0. The van der Waals surface area contributed by atoms with E-state index in [1.807, 2.05) is 0 Å². The van der Waals surface area contributed by atoms with Crippen LogP contribution in [0.15, 0.2) is 47.6 Å². The van der Waals surface area contributed by atoms with Gasteiger partial charge in [0, 0.05) is 0 Å². The van der Waals surface area contributed by atoms with Crippen LogP contribution in [0.1, 0.15) is 0 Å². The van der Waals surface area contributed by atoms with Crippen molar-refractivity contribution in [1.82, 2.24) is 0 Å². The summed E-state index contributed by atoms with van der Waals surface area (Å²) in [6.07, 6.45) is -20.0. The van der Waals surface area contributed by atoms with Gasteiger partial charge in [-0.2, -0.15) is 52.7 Å². The van der Waals surface area contributed by atoms with Gasteiger partial charge in [0.15, 0.2) is 0 Å². The lowest BCUT2D eigenvalue weighted by molar-refractivity contribution is -0.429. The van der Waals surface area contributed by atoms with E-state index in [1.165, 1.54) is 0 Å². The van der Waals surface area contributed by atoms with Crippen LogP contribution in [0.3, 0.4) is 0 Å². The van der Waals surface area contributed by atoms with Crippen LogP contribution >= 0.6 is 0 Å². The molecule has 0 fully saturated rings. The summed E-state index contributed by atoms with van der Waals surface area (Å²) in [6.45, 7) is 0. The predicted octanol–water partition coefficient (Wildman–Crippen LogP) is 4.08. The third kappa shape index (κ3) is 8.22.